The molecule has 2 amide bonds. The van der Waals surface area contributed by atoms with Gasteiger partial charge in [-0.25, -0.2) is 8.78 Å². The van der Waals surface area contributed by atoms with Crippen molar-refractivity contribution in [2.45, 2.75) is 24.2 Å². The van der Waals surface area contributed by atoms with Crippen LogP contribution in [0.5, 0.6) is 5.75 Å². The Kier molecular flexibility index (Phi) is 7.70. The molecule has 0 saturated carbocycles. The van der Waals surface area contributed by atoms with Crippen molar-refractivity contribution >= 4 is 39.9 Å². The lowest BCUT2D eigenvalue weighted by atomic mass is 9.72. The van der Waals surface area contributed by atoms with E-state index in [0.717, 1.165) is 10.8 Å². The third-order valence-corrected chi connectivity index (χ3v) is 7.69. The number of amides is 2. The molecule has 3 heterocycles. The van der Waals surface area contributed by atoms with Crippen LogP contribution in [0.25, 0.3) is 10.8 Å². The third kappa shape index (κ3) is 5.68. The summed E-state index contributed by atoms with van der Waals surface area (Å²) in [5, 5.41) is 14.0. The Hall–Kier alpha value is -3.34. The average molecular weight is 559 g/mol. The zero-order chi connectivity index (χ0) is 27.6. The highest BCUT2D eigenvalue weighted by Gasteiger charge is 2.47. The monoisotopic (exact) mass is 558 g/mol. The van der Waals surface area contributed by atoms with Crippen LogP contribution in [-0.4, -0.2) is 83.6 Å². The molecular formula is C28H29ClF2N4O4. The Balaban J connectivity index is 1.42. The number of nitrogens with one attached hydrogen (secondary N) is 1. The minimum absolute atomic E-state index is 0.138. The molecule has 1 atom stereocenters. The van der Waals surface area contributed by atoms with Crippen LogP contribution < -0.4 is 10.1 Å². The molecule has 2 N–H and O–H groups in total. The molecule has 206 valence electrons. The number of anilines is 1. The van der Waals surface area contributed by atoms with Gasteiger partial charge in [0.2, 0.25) is 11.8 Å². The number of halogens is 3. The first-order valence-corrected chi connectivity index (χ1v) is 13.1. The predicted molar refractivity (Wildman–Crippen MR) is 143 cm³/mol. The van der Waals surface area contributed by atoms with Crippen LogP contribution in [0, 0.1) is 0 Å². The van der Waals surface area contributed by atoms with Crippen LogP contribution in [0.15, 0.2) is 54.9 Å². The molecule has 1 saturated heterocycles. The van der Waals surface area contributed by atoms with Crippen LogP contribution in [0.4, 0.5) is 14.5 Å². The topological polar surface area (TPSA) is 95.0 Å². The first-order valence-electron chi connectivity index (χ1n) is 12.8. The molecule has 0 spiro atoms. The van der Waals surface area contributed by atoms with Crippen LogP contribution in [0.2, 0.25) is 5.02 Å². The number of piperazine rings is 1. The SMILES string of the molecule is O=C(CC1(C(=O)Nc2cncc3ccccc23)CCOc2ccc(Cl)cc21)N1CCN(CC(F)(F)CO)CC1. The van der Waals surface area contributed by atoms with Crippen molar-refractivity contribution in [2.75, 3.05) is 51.3 Å². The summed E-state index contributed by atoms with van der Waals surface area (Å²) in [7, 11) is 0. The number of benzene rings is 2. The Bertz CT molecular complexity index is 1380. The molecule has 2 aliphatic heterocycles. The maximum Gasteiger partial charge on any atom is 0.283 e. The molecule has 2 aromatic carbocycles. The van der Waals surface area contributed by atoms with E-state index in [2.05, 4.69) is 10.3 Å². The van der Waals surface area contributed by atoms with Crippen LogP contribution in [0.1, 0.15) is 18.4 Å². The Morgan fingerprint density at radius 2 is 1.90 bits per heavy atom. The van der Waals surface area contributed by atoms with E-state index >= 15 is 0 Å². The number of aromatic nitrogens is 1. The molecule has 0 bridgehead atoms. The number of pyridine rings is 1. The van der Waals surface area contributed by atoms with Crippen LogP contribution in [0.3, 0.4) is 0 Å². The van der Waals surface area contributed by atoms with Gasteiger partial charge in [-0.05, 0) is 18.2 Å². The van der Waals surface area contributed by atoms with Crippen molar-refractivity contribution in [3.63, 3.8) is 0 Å². The number of alkyl halides is 2. The molecule has 1 aromatic heterocycles. The number of aliphatic hydroxyl groups excluding tert-OH is 1. The van der Waals surface area contributed by atoms with E-state index in [0.29, 0.717) is 22.0 Å². The largest absolute Gasteiger partial charge is 0.493 e. The molecule has 39 heavy (non-hydrogen) atoms. The van der Waals surface area contributed by atoms with E-state index in [4.69, 9.17) is 21.4 Å². The summed E-state index contributed by atoms with van der Waals surface area (Å²) in [6, 6.07) is 12.6. The summed E-state index contributed by atoms with van der Waals surface area (Å²) in [4.78, 5) is 35.2. The van der Waals surface area contributed by atoms with E-state index in [1.54, 1.807) is 35.5 Å². The first kappa shape index (κ1) is 27.2. The number of nitrogens with zero attached hydrogens (tertiary/aromatic N) is 3. The molecular weight excluding hydrogens is 530 g/mol. The van der Waals surface area contributed by atoms with Crippen LogP contribution in [-0.2, 0) is 15.0 Å². The van der Waals surface area contributed by atoms with Gasteiger partial charge < -0.3 is 20.1 Å². The molecule has 1 unspecified atom stereocenters. The van der Waals surface area contributed by atoms with Gasteiger partial charge in [0.1, 0.15) is 12.4 Å². The quantitative estimate of drug-likeness (QED) is 0.459. The van der Waals surface area contributed by atoms with Crippen molar-refractivity contribution in [2.24, 2.45) is 0 Å². The number of carbonyl (C=O) groups is 2. The van der Waals surface area contributed by atoms with Gasteiger partial charge >= 0.3 is 0 Å². The van der Waals surface area contributed by atoms with Crippen molar-refractivity contribution in [1.82, 2.24) is 14.8 Å². The Morgan fingerprint density at radius 1 is 1.13 bits per heavy atom. The highest BCUT2D eigenvalue weighted by molar-refractivity contribution is 6.30. The summed E-state index contributed by atoms with van der Waals surface area (Å²) in [6.45, 7) is -0.594. The summed E-state index contributed by atoms with van der Waals surface area (Å²) >= 11 is 6.34. The van der Waals surface area contributed by atoms with Gasteiger partial charge in [-0.2, -0.15) is 0 Å². The lowest BCUT2D eigenvalue weighted by Crippen LogP contribution is -2.54. The first-order chi connectivity index (χ1) is 18.7. The molecule has 0 aliphatic carbocycles. The molecule has 1 fully saturated rings. The molecule has 8 nitrogen and oxygen atoms in total. The van der Waals surface area contributed by atoms with E-state index in [1.165, 1.54) is 4.90 Å². The van der Waals surface area contributed by atoms with Crippen molar-refractivity contribution in [3.8, 4) is 5.75 Å². The number of carbonyl (C=O) groups excluding carboxylic acids is 2. The summed E-state index contributed by atoms with van der Waals surface area (Å²) < 4.78 is 33.1. The number of rotatable bonds is 7. The van der Waals surface area contributed by atoms with Gasteiger partial charge in [-0.1, -0.05) is 35.9 Å². The zero-order valence-electron chi connectivity index (χ0n) is 21.2. The smallest absolute Gasteiger partial charge is 0.283 e. The number of hydrogen-bond acceptors (Lipinski definition) is 6. The fourth-order valence-corrected chi connectivity index (χ4v) is 5.50. The molecule has 3 aromatic rings. The van der Waals surface area contributed by atoms with Crippen molar-refractivity contribution in [3.05, 3.63) is 65.4 Å². The van der Waals surface area contributed by atoms with E-state index in [1.807, 2.05) is 24.3 Å². The van der Waals surface area contributed by atoms with Crippen LogP contribution >= 0.6 is 11.6 Å². The molecule has 2 aliphatic rings. The Morgan fingerprint density at radius 3 is 2.67 bits per heavy atom. The number of fused-ring (bicyclic) bond motifs is 2. The second kappa shape index (κ2) is 11.0. The summed E-state index contributed by atoms with van der Waals surface area (Å²) in [5.41, 5.74) is -0.215. The number of ether oxygens (including phenoxy) is 1. The predicted octanol–water partition coefficient (Wildman–Crippen LogP) is 3.71. The fraction of sp³-hybridized carbons (Fsp3) is 0.393. The average Bonchev–Trinajstić information content (AvgIpc) is 2.93. The van der Waals surface area contributed by atoms with E-state index in [9.17, 15) is 18.4 Å². The van der Waals surface area contributed by atoms with E-state index in [-0.39, 0.29) is 57.4 Å². The number of aliphatic hydroxyl groups is 1. The van der Waals surface area contributed by atoms with Gasteiger partial charge in [0.15, 0.2) is 0 Å². The standard InChI is InChI=1S/C28H29ClF2N4O4/c29-20-5-6-24-22(13-20)27(7-12-39-24,26(38)33-23-16-32-15-19-3-1-2-4-21(19)23)14-25(37)35-10-8-34(9-11-35)17-28(30,31)18-36/h1-6,13,15-16,36H,7-12,14,17-18H2,(H,33,38). The highest BCUT2D eigenvalue weighted by atomic mass is 35.5. The minimum atomic E-state index is -3.20. The Labute approximate surface area is 229 Å². The molecule has 0 radical (unpaired) electrons. The second-order valence-electron chi connectivity index (χ2n) is 10.0. The highest BCUT2D eigenvalue weighted by Crippen LogP contribution is 2.44. The molecule has 5 rings (SSSR count). The van der Waals surface area contributed by atoms with Gasteiger partial charge in [-0.15, -0.1) is 0 Å². The zero-order valence-corrected chi connectivity index (χ0v) is 22.0. The third-order valence-electron chi connectivity index (χ3n) is 7.46. The fourth-order valence-electron chi connectivity index (χ4n) is 5.33. The summed E-state index contributed by atoms with van der Waals surface area (Å²) in [6.07, 6.45) is 3.40. The van der Waals surface area contributed by atoms with Gasteiger partial charge in [0.25, 0.3) is 5.92 Å². The van der Waals surface area contributed by atoms with Gasteiger partial charge in [0.05, 0.1) is 30.5 Å². The van der Waals surface area contributed by atoms with E-state index < -0.39 is 24.5 Å². The van der Waals surface area contributed by atoms with Gasteiger partial charge in [-0.3, -0.25) is 19.5 Å². The van der Waals surface area contributed by atoms with Crippen molar-refractivity contribution < 1.29 is 28.2 Å². The lowest BCUT2D eigenvalue weighted by molar-refractivity contribution is -0.139. The van der Waals surface area contributed by atoms with Crippen molar-refractivity contribution in [1.29, 1.82) is 0 Å². The lowest BCUT2D eigenvalue weighted by Gasteiger charge is -2.40. The second-order valence-corrected chi connectivity index (χ2v) is 10.5. The number of hydrogen-bond donors (Lipinski definition) is 2. The molecule has 11 heteroatoms. The van der Waals surface area contributed by atoms with Gasteiger partial charge in [0, 0.05) is 66.6 Å². The maximum atomic E-state index is 14.1. The normalized spacial score (nSPS) is 19.8. The minimum Gasteiger partial charge on any atom is -0.493 e. The maximum absolute atomic E-state index is 14.1. The summed E-state index contributed by atoms with van der Waals surface area (Å²) in [5.74, 6) is -3.35.